The third-order valence-corrected chi connectivity index (χ3v) is 2.43. The smallest absolute Gasteiger partial charge is 0.0589 e. The molecule has 1 aliphatic rings. The van der Waals surface area contributed by atoms with E-state index in [2.05, 4.69) is 18.9 Å². The molecule has 0 amide bonds. The van der Waals surface area contributed by atoms with Crippen LogP contribution in [0.15, 0.2) is 0 Å². The van der Waals surface area contributed by atoms with Gasteiger partial charge in [-0.3, -0.25) is 0 Å². The van der Waals surface area contributed by atoms with E-state index in [0.29, 0.717) is 5.41 Å². The van der Waals surface area contributed by atoms with Crippen LogP contribution >= 0.6 is 0 Å². The molecule has 0 heterocycles. The first kappa shape index (κ1) is 9.01. The Kier molecular flexibility index (Phi) is 2.90. The molecule has 0 aliphatic heterocycles. The monoisotopic (exact) mass is 157 g/mol. The molecule has 0 aromatic carbocycles. The van der Waals surface area contributed by atoms with E-state index in [0.717, 1.165) is 13.2 Å². The Morgan fingerprint density at radius 1 is 1.45 bits per heavy atom. The Hall–Kier alpha value is -0.0800. The first-order valence-corrected chi connectivity index (χ1v) is 4.34. The van der Waals surface area contributed by atoms with Crippen molar-refractivity contribution < 1.29 is 4.74 Å². The van der Waals surface area contributed by atoms with E-state index in [1.54, 1.807) is 7.11 Å². The summed E-state index contributed by atoms with van der Waals surface area (Å²) >= 11 is 0. The van der Waals surface area contributed by atoms with Crippen LogP contribution in [0.4, 0.5) is 0 Å². The molecule has 0 atom stereocenters. The van der Waals surface area contributed by atoms with Crippen LogP contribution < -0.4 is 0 Å². The summed E-state index contributed by atoms with van der Waals surface area (Å²) in [5.41, 5.74) is 0.641. The number of methoxy groups -OCH3 is 1. The quantitative estimate of drug-likeness (QED) is 0.597. The minimum Gasteiger partial charge on any atom is -0.383 e. The van der Waals surface area contributed by atoms with Crippen LogP contribution in [0.2, 0.25) is 0 Å². The first-order valence-electron chi connectivity index (χ1n) is 4.34. The molecule has 0 saturated heterocycles. The first-order chi connectivity index (χ1) is 5.16. The van der Waals surface area contributed by atoms with Crippen molar-refractivity contribution in [2.75, 3.05) is 33.9 Å². The van der Waals surface area contributed by atoms with Gasteiger partial charge in [0.15, 0.2) is 0 Å². The summed E-state index contributed by atoms with van der Waals surface area (Å²) in [6, 6.07) is 0. The Labute approximate surface area is 69.5 Å². The predicted octanol–water partition coefficient (Wildman–Crippen LogP) is 1.36. The molecule has 0 radical (unpaired) electrons. The van der Waals surface area contributed by atoms with E-state index in [1.165, 1.54) is 19.4 Å². The summed E-state index contributed by atoms with van der Waals surface area (Å²) in [5, 5.41) is 0. The maximum atomic E-state index is 5.01. The summed E-state index contributed by atoms with van der Waals surface area (Å²) in [6.07, 6.45) is 2.81. The highest BCUT2D eigenvalue weighted by Gasteiger charge is 2.37. The number of hydrogen-bond donors (Lipinski definition) is 0. The summed E-state index contributed by atoms with van der Waals surface area (Å²) < 4.78 is 5.01. The van der Waals surface area contributed by atoms with Gasteiger partial charge < -0.3 is 9.64 Å². The van der Waals surface area contributed by atoms with Crippen molar-refractivity contribution >= 4 is 0 Å². The van der Waals surface area contributed by atoms with Crippen molar-refractivity contribution in [3.63, 3.8) is 0 Å². The number of rotatable bonds is 5. The van der Waals surface area contributed by atoms with E-state index in [1.807, 2.05) is 0 Å². The van der Waals surface area contributed by atoms with Crippen LogP contribution in [0, 0.1) is 5.41 Å². The summed E-state index contributed by atoms with van der Waals surface area (Å²) in [4.78, 5) is 2.36. The average Bonchev–Trinajstić information content (AvgIpc) is 2.63. The van der Waals surface area contributed by atoms with Gasteiger partial charge in [-0.1, -0.05) is 6.92 Å². The molecule has 0 N–H and O–H groups in total. The SMILES string of the molecule is COCCN(C)CC1(C)CC1. The van der Waals surface area contributed by atoms with Gasteiger partial charge in [-0.2, -0.15) is 0 Å². The zero-order chi connectivity index (χ0) is 8.32. The molecule has 0 aromatic rings. The summed E-state index contributed by atoms with van der Waals surface area (Å²) in [5.74, 6) is 0. The third kappa shape index (κ3) is 3.21. The fourth-order valence-electron chi connectivity index (χ4n) is 1.35. The van der Waals surface area contributed by atoms with Crippen molar-refractivity contribution in [1.29, 1.82) is 0 Å². The maximum absolute atomic E-state index is 5.01. The molecule has 11 heavy (non-hydrogen) atoms. The molecular formula is C9H19NO. The van der Waals surface area contributed by atoms with Crippen molar-refractivity contribution in [1.82, 2.24) is 4.90 Å². The lowest BCUT2D eigenvalue weighted by molar-refractivity contribution is 0.151. The van der Waals surface area contributed by atoms with E-state index >= 15 is 0 Å². The Bertz CT molecular complexity index is 121. The van der Waals surface area contributed by atoms with Gasteiger partial charge in [-0.15, -0.1) is 0 Å². The van der Waals surface area contributed by atoms with Crippen LogP contribution in [0.5, 0.6) is 0 Å². The normalized spacial score (nSPS) is 20.7. The van der Waals surface area contributed by atoms with Crippen LogP contribution in [-0.2, 0) is 4.74 Å². The molecule has 1 aliphatic carbocycles. The van der Waals surface area contributed by atoms with Crippen LogP contribution in [-0.4, -0.2) is 38.8 Å². The molecule has 0 spiro atoms. The average molecular weight is 157 g/mol. The van der Waals surface area contributed by atoms with Gasteiger partial charge in [0.1, 0.15) is 0 Å². The second kappa shape index (κ2) is 3.55. The highest BCUT2D eigenvalue weighted by atomic mass is 16.5. The molecule has 0 unspecified atom stereocenters. The Morgan fingerprint density at radius 3 is 2.55 bits per heavy atom. The molecule has 1 saturated carbocycles. The molecule has 0 aromatic heterocycles. The zero-order valence-corrected chi connectivity index (χ0v) is 7.89. The fourth-order valence-corrected chi connectivity index (χ4v) is 1.35. The van der Waals surface area contributed by atoms with E-state index in [9.17, 15) is 0 Å². The minimum atomic E-state index is 0.641. The van der Waals surface area contributed by atoms with Crippen LogP contribution in [0.3, 0.4) is 0 Å². The highest BCUT2D eigenvalue weighted by Crippen LogP contribution is 2.45. The van der Waals surface area contributed by atoms with E-state index in [4.69, 9.17) is 4.74 Å². The minimum absolute atomic E-state index is 0.641. The number of ether oxygens (including phenoxy) is 1. The zero-order valence-electron chi connectivity index (χ0n) is 7.89. The number of nitrogens with zero attached hydrogens (tertiary/aromatic N) is 1. The van der Waals surface area contributed by atoms with Gasteiger partial charge in [0.05, 0.1) is 6.61 Å². The fraction of sp³-hybridized carbons (Fsp3) is 1.00. The predicted molar refractivity (Wildman–Crippen MR) is 46.7 cm³/mol. The third-order valence-electron chi connectivity index (χ3n) is 2.43. The second-order valence-electron chi connectivity index (χ2n) is 4.04. The lowest BCUT2D eigenvalue weighted by atomic mass is 10.1. The lowest BCUT2D eigenvalue weighted by Gasteiger charge is -2.19. The molecule has 66 valence electrons. The molecule has 0 bridgehead atoms. The number of hydrogen-bond acceptors (Lipinski definition) is 2. The van der Waals surface area contributed by atoms with Gasteiger partial charge >= 0.3 is 0 Å². The molecule has 2 nitrogen and oxygen atoms in total. The maximum Gasteiger partial charge on any atom is 0.0589 e. The van der Waals surface area contributed by atoms with E-state index < -0.39 is 0 Å². The highest BCUT2D eigenvalue weighted by molar-refractivity contribution is 4.90. The van der Waals surface area contributed by atoms with Crippen molar-refractivity contribution in [2.24, 2.45) is 5.41 Å². The standard InChI is InChI=1S/C9H19NO/c1-9(4-5-9)8-10(2)6-7-11-3/h4-8H2,1-3H3. The summed E-state index contributed by atoms with van der Waals surface area (Å²) in [7, 11) is 3.93. The largest absolute Gasteiger partial charge is 0.383 e. The van der Waals surface area contributed by atoms with Gasteiger partial charge in [-0.05, 0) is 25.3 Å². The molecule has 2 heteroatoms. The van der Waals surface area contributed by atoms with Gasteiger partial charge in [0.2, 0.25) is 0 Å². The molecular weight excluding hydrogens is 138 g/mol. The topological polar surface area (TPSA) is 12.5 Å². The number of likely N-dealkylation sites (N-methyl/N-ethyl adjacent to an activating group) is 1. The van der Waals surface area contributed by atoms with Gasteiger partial charge in [0, 0.05) is 20.2 Å². The van der Waals surface area contributed by atoms with Gasteiger partial charge in [0.25, 0.3) is 0 Å². The van der Waals surface area contributed by atoms with Crippen LogP contribution in [0.25, 0.3) is 0 Å². The van der Waals surface area contributed by atoms with Crippen molar-refractivity contribution in [3.05, 3.63) is 0 Å². The van der Waals surface area contributed by atoms with E-state index in [-0.39, 0.29) is 0 Å². The molecule has 1 rings (SSSR count). The lowest BCUT2D eigenvalue weighted by Crippen LogP contribution is -2.28. The summed E-state index contributed by atoms with van der Waals surface area (Å²) in [6.45, 7) is 5.51. The second-order valence-corrected chi connectivity index (χ2v) is 4.04. The molecule has 1 fully saturated rings. The van der Waals surface area contributed by atoms with Crippen LogP contribution in [0.1, 0.15) is 19.8 Å². The van der Waals surface area contributed by atoms with Crippen molar-refractivity contribution in [3.8, 4) is 0 Å². The van der Waals surface area contributed by atoms with Crippen molar-refractivity contribution in [2.45, 2.75) is 19.8 Å². The Balaban J connectivity index is 2.05. The Morgan fingerprint density at radius 2 is 2.09 bits per heavy atom. The van der Waals surface area contributed by atoms with Gasteiger partial charge in [-0.25, -0.2) is 0 Å².